The zero-order chi connectivity index (χ0) is 14.8. The first kappa shape index (κ1) is 13.9. The highest BCUT2D eigenvalue weighted by atomic mass is 35.5. The number of rotatable bonds is 3. The van der Waals surface area contributed by atoms with Gasteiger partial charge in [0.05, 0.1) is 11.2 Å². The van der Waals surface area contributed by atoms with Crippen LogP contribution in [0.2, 0.25) is 5.02 Å². The predicted molar refractivity (Wildman–Crippen MR) is 90.0 cm³/mol. The van der Waals surface area contributed by atoms with Gasteiger partial charge in [-0.1, -0.05) is 41.9 Å². The van der Waals surface area contributed by atoms with Gasteiger partial charge in [-0.2, -0.15) is 0 Å². The standard InChI is InChI=1S/C18H17ClN2/c1-12-6-8-14(10-16(12)19)11-20-17-5-3-4-15-9-7-13(2)21-18(15)17/h3-10,20H,11H2,1-2H3. The van der Waals surface area contributed by atoms with Gasteiger partial charge >= 0.3 is 0 Å². The Morgan fingerprint density at radius 3 is 2.71 bits per heavy atom. The van der Waals surface area contributed by atoms with Crippen molar-refractivity contribution in [3.63, 3.8) is 0 Å². The molecular formula is C18H17ClN2. The second-order valence-electron chi connectivity index (χ2n) is 5.27. The van der Waals surface area contributed by atoms with Crippen molar-refractivity contribution in [3.05, 3.63) is 70.4 Å². The predicted octanol–water partition coefficient (Wildman–Crippen LogP) is 5.12. The van der Waals surface area contributed by atoms with Gasteiger partial charge in [-0.3, -0.25) is 4.98 Å². The van der Waals surface area contributed by atoms with E-state index < -0.39 is 0 Å². The maximum Gasteiger partial charge on any atom is 0.0936 e. The highest BCUT2D eigenvalue weighted by Gasteiger charge is 2.03. The van der Waals surface area contributed by atoms with E-state index in [0.717, 1.165) is 45.0 Å². The lowest BCUT2D eigenvalue weighted by atomic mass is 10.1. The summed E-state index contributed by atoms with van der Waals surface area (Å²) in [6.45, 7) is 4.75. The third-order valence-corrected chi connectivity index (χ3v) is 3.99. The van der Waals surface area contributed by atoms with Crippen molar-refractivity contribution in [1.29, 1.82) is 0 Å². The van der Waals surface area contributed by atoms with Crippen molar-refractivity contribution in [1.82, 2.24) is 4.98 Å². The maximum absolute atomic E-state index is 6.17. The molecule has 3 heteroatoms. The molecule has 0 amide bonds. The number of aryl methyl sites for hydroxylation is 2. The lowest BCUT2D eigenvalue weighted by Crippen LogP contribution is -2.01. The molecule has 0 fully saturated rings. The molecule has 3 aromatic rings. The molecule has 106 valence electrons. The summed E-state index contributed by atoms with van der Waals surface area (Å²) in [7, 11) is 0. The van der Waals surface area contributed by atoms with Crippen LogP contribution in [0.5, 0.6) is 0 Å². The molecule has 21 heavy (non-hydrogen) atoms. The minimum Gasteiger partial charge on any atom is -0.379 e. The van der Waals surface area contributed by atoms with Crippen LogP contribution in [-0.2, 0) is 6.54 Å². The molecule has 3 rings (SSSR count). The minimum atomic E-state index is 0.731. The Morgan fingerprint density at radius 1 is 1.05 bits per heavy atom. The zero-order valence-corrected chi connectivity index (χ0v) is 12.9. The molecule has 0 atom stereocenters. The van der Waals surface area contributed by atoms with Gasteiger partial charge in [0.15, 0.2) is 0 Å². The van der Waals surface area contributed by atoms with Crippen LogP contribution >= 0.6 is 11.6 Å². The fourth-order valence-corrected chi connectivity index (χ4v) is 2.53. The topological polar surface area (TPSA) is 24.9 Å². The smallest absolute Gasteiger partial charge is 0.0936 e. The van der Waals surface area contributed by atoms with Gasteiger partial charge in [-0.25, -0.2) is 0 Å². The van der Waals surface area contributed by atoms with Crippen LogP contribution in [0, 0.1) is 13.8 Å². The summed E-state index contributed by atoms with van der Waals surface area (Å²) in [4.78, 5) is 4.63. The van der Waals surface area contributed by atoms with Crippen molar-refractivity contribution in [2.45, 2.75) is 20.4 Å². The van der Waals surface area contributed by atoms with Crippen molar-refractivity contribution in [2.75, 3.05) is 5.32 Å². The van der Waals surface area contributed by atoms with Crippen LogP contribution in [0.25, 0.3) is 10.9 Å². The summed E-state index contributed by atoms with van der Waals surface area (Å²) in [5, 5.41) is 5.41. The number of aromatic nitrogens is 1. The summed E-state index contributed by atoms with van der Waals surface area (Å²) in [6, 6.07) is 16.5. The number of pyridine rings is 1. The van der Waals surface area contributed by atoms with Crippen LogP contribution in [0.1, 0.15) is 16.8 Å². The third kappa shape index (κ3) is 3.01. The van der Waals surface area contributed by atoms with E-state index in [1.54, 1.807) is 0 Å². The van der Waals surface area contributed by atoms with E-state index in [1.165, 1.54) is 0 Å². The molecule has 0 unspecified atom stereocenters. The molecule has 0 saturated heterocycles. The summed E-state index contributed by atoms with van der Waals surface area (Å²) in [5.74, 6) is 0. The Hall–Kier alpha value is -2.06. The Kier molecular flexibility index (Phi) is 3.80. The van der Waals surface area contributed by atoms with E-state index in [4.69, 9.17) is 11.6 Å². The Morgan fingerprint density at radius 2 is 1.90 bits per heavy atom. The monoisotopic (exact) mass is 296 g/mol. The largest absolute Gasteiger partial charge is 0.379 e. The van der Waals surface area contributed by atoms with E-state index in [-0.39, 0.29) is 0 Å². The van der Waals surface area contributed by atoms with Crippen LogP contribution in [0.15, 0.2) is 48.5 Å². The van der Waals surface area contributed by atoms with Gasteiger partial charge in [0.2, 0.25) is 0 Å². The molecule has 0 aliphatic carbocycles. The molecule has 0 aliphatic heterocycles. The highest BCUT2D eigenvalue weighted by Crippen LogP contribution is 2.23. The van der Waals surface area contributed by atoms with Gasteiger partial charge in [0.1, 0.15) is 0 Å². The van der Waals surface area contributed by atoms with E-state index >= 15 is 0 Å². The van der Waals surface area contributed by atoms with Crippen LogP contribution < -0.4 is 5.32 Å². The first-order valence-corrected chi connectivity index (χ1v) is 7.36. The SMILES string of the molecule is Cc1ccc2cccc(NCc3ccc(C)c(Cl)c3)c2n1. The molecule has 2 aromatic carbocycles. The summed E-state index contributed by atoms with van der Waals surface area (Å²) in [5.41, 5.74) is 5.34. The number of fused-ring (bicyclic) bond motifs is 1. The zero-order valence-electron chi connectivity index (χ0n) is 12.2. The summed E-state index contributed by atoms with van der Waals surface area (Å²) in [6.07, 6.45) is 0. The Labute approximate surface area is 129 Å². The highest BCUT2D eigenvalue weighted by molar-refractivity contribution is 6.31. The van der Waals surface area contributed by atoms with E-state index in [1.807, 2.05) is 38.1 Å². The normalized spacial score (nSPS) is 10.8. The fraction of sp³-hybridized carbons (Fsp3) is 0.167. The van der Waals surface area contributed by atoms with E-state index in [2.05, 4.69) is 34.6 Å². The van der Waals surface area contributed by atoms with Crippen molar-refractivity contribution >= 4 is 28.2 Å². The molecule has 1 heterocycles. The van der Waals surface area contributed by atoms with Gasteiger partial charge < -0.3 is 5.32 Å². The molecular weight excluding hydrogens is 280 g/mol. The number of para-hydroxylation sites is 1. The number of nitrogens with one attached hydrogen (secondary N) is 1. The number of anilines is 1. The molecule has 0 saturated carbocycles. The van der Waals surface area contributed by atoms with Crippen molar-refractivity contribution in [2.24, 2.45) is 0 Å². The first-order chi connectivity index (χ1) is 10.1. The number of hydrogen-bond donors (Lipinski definition) is 1. The van der Waals surface area contributed by atoms with E-state index in [9.17, 15) is 0 Å². The first-order valence-electron chi connectivity index (χ1n) is 6.99. The quantitative estimate of drug-likeness (QED) is 0.726. The lowest BCUT2D eigenvalue weighted by molar-refractivity contribution is 1.14. The third-order valence-electron chi connectivity index (χ3n) is 3.58. The second kappa shape index (κ2) is 5.74. The Bertz CT molecular complexity index is 796. The molecule has 0 spiro atoms. The number of nitrogens with zero attached hydrogens (tertiary/aromatic N) is 1. The summed E-state index contributed by atoms with van der Waals surface area (Å²) < 4.78 is 0. The molecule has 2 nitrogen and oxygen atoms in total. The van der Waals surface area contributed by atoms with Crippen LogP contribution in [0.3, 0.4) is 0 Å². The van der Waals surface area contributed by atoms with Crippen LogP contribution in [0.4, 0.5) is 5.69 Å². The average Bonchev–Trinajstić information content (AvgIpc) is 2.48. The molecule has 0 radical (unpaired) electrons. The Balaban J connectivity index is 1.88. The minimum absolute atomic E-state index is 0.731. The second-order valence-corrected chi connectivity index (χ2v) is 5.67. The van der Waals surface area contributed by atoms with Crippen LogP contribution in [-0.4, -0.2) is 4.98 Å². The van der Waals surface area contributed by atoms with Gasteiger partial charge in [-0.15, -0.1) is 0 Å². The van der Waals surface area contributed by atoms with Gasteiger partial charge in [0, 0.05) is 22.6 Å². The molecule has 1 aromatic heterocycles. The van der Waals surface area contributed by atoms with Gasteiger partial charge in [0.25, 0.3) is 0 Å². The number of benzene rings is 2. The van der Waals surface area contributed by atoms with Gasteiger partial charge in [-0.05, 0) is 43.2 Å². The number of hydrogen-bond acceptors (Lipinski definition) is 2. The average molecular weight is 297 g/mol. The van der Waals surface area contributed by atoms with E-state index in [0.29, 0.717) is 0 Å². The number of halogens is 1. The lowest BCUT2D eigenvalue weighted by Gasteiger charge is -2.10. The summed E-state index contributed by atoms with van der Waals surface area (Å²) >= 11 is 6.17. The molecule has 0 aliphatic rings. The maximum atomic E-state index is 6.17. The molecule has 0 bridgehead atoms. The van der Waals surface area contributed by atoms with Crippen molar-refractivity contribution in [3.8, 4) is 0 Å². The van der Waals surface area contributed by atoms with Crippen molar-refractivity contribution < 1.29 is 0 Å². The fourth-order valence-electron chi connectivity index (χ4n) is 2.33. The molecule has 1 N–H and O–H groups in total.